The van der Waals surface area contributed by atoms with Crippen molar-refractivity contribution in [3.8, 4) is 11.4 Å². The molecular formula is C20H20N4O3. The summed E-state index contributed by atoms with van der Waals surface area (Å²) in [5, 5.41) is 24.3. The highest BCUT2D eigenvalue weighted by Gasteiger charge is 2.11. The molecule has 0 aliphatic heterocycles. The molecule has 0 spiro atoms. The molecule has 2 N–H and O–H groups in total. The van der Waals surface area contributed by atoms with Gasteiger partial charge in [-0.1, -0.05) is 42.5 Å². The molecule has 1 unspecified atom stereocenters. The fourth-order valence-corrected chi connectivity index (χ4v) is 2.73. The third-order valence-electron chi connectivity index (χ3n) is 4.00. The van der Waals surface area contributed by atoms with Crippen molar-refractivity contribution in [2.24, 2.45) is 0 Å². The number of anilines is 1. The molecule has 7 nitrogen and oxygen atoms in total. The number of aliphatic hydroxyl groups excluding tert-OH is 1. The Kier molecular flexibility index (Phi) is 5.73. The van der Waals surface area contributed by atoms with Crippen molar-refractivity contribution in [1.82, 2.24) is 9.97 Å². The minimum atomic E-state index is -0.566. The second-order valence-electron chi connectivity index (χ2n) is 6.25. The van der Waals surface area contributed by atoms with Gasteiger partial charge in [0, 0.05) is 42.4 Å². The predicted octanol–water partition coefficient (Wildman–Crippen LogP) is 3.38. The molecule has 2 aromatic carbocycles. The maximum absolute atomic E-state index is 11.0. The summed E-state index contributed by atoms with van der Waals surface area (Å²) in [4.78, 5) is 19.3. The molecule has 3 aromatic rings. The quantitative estimate of drug-likeness (QED) is 0.492. The number of hydrogen-bond donors (Lipinski definition) is 2. The topological polar surface area (TPSA) is 101 Å². The van der Waals surface area contributed by atoms with Crippen LogP contribution in [0.5, 0.6) is 0 Å². The Morgan fingerprint density at radius 1 is 1.11 bits per heavy atom. The van der Waals surface area contributed by atoms with Gasteiger partial charge in [0.15, 0.2) is 5.82 Å². The van der Waals surface area contributed by atoms with Crippen LogP contribution in [-0.4, -0.2) is 32.6 Å². The van der Waals surface area contributed by atoms with E-state index in [2.05, 4.69) is 15.3 Å². The number of aliphatic hydroxyl groups is 1. The van der Waals surface area contributed by atoms with Crippen LogP contribution in [0.25, 0.3) is 11.4 Å². The molecule has 27 heavy (non-hydrogen) atoms. The second kappa shape index (κ2) is 8.37. The number of nitrogens with one attached hydrogen (secondary N) is 1. The highest BCUT2D eigenvalue weighted by Crippen LogP contribution is 2.22. The van der Waals surface area contributed by atoms with Crippen LogP contribution in [-0.2, 0) is 6.42 Å². The van der Waals surface area contributed by atoms with Crippen LogP contribution in [0.2, 0.25) is 0 Å². The standard InChI is InChI=1S/C20H20N4O3/c1-14-10-19(21-13-18(25)11-15-6-3-2-4-7-15)23-20(22-14)16-8-5-9-17(12-16)24(26)27/h2-10,12,18,25H,11,13H2,1H3,(H,21,22,23). The van der Waals surface area contributed by atoms with E-state index in [0.717, 1.165) is 11.3 Å². The van der Waals surface area contributed by atoms with Gasteiger partial charge in [0.2, 0.25) is 0 Å². The summed E-state index contributed by atoms with van der Waals surface area (Å²) in [5.41, 5.74) is 2.35. The van der Waals surface area contributed by atoms with Crippen LogP contribution in [0, 0.1) is 17.0 Å². The van der Waals surface area contributed by atoms with Crippen LogP contribution < -0.4 is 5.32 Å². The van der Waals surface area contributed by atoms with Gasteiger partial charge in [-0.2, -0.15) is 0 Å². The first-order valence-corrected chi connectivity index (χ1v) is 8.57. The van der Waals surface area contributed by atoms with Gasteiger partial charge in [-0.15, -0.1) is 0 Å². The van der Waals surface area contributed by atoms with E-state index < -0.39 is 11.0 Å². The van der Waals surface area contributed by atoms with Crippen LogP contribution in [0.3, 0.4) is 0 Å². The largest absolute Gasteiger partial charge is 0.391 e. The Morgan fingerprint density at radius 2 is 1.89 bits per heavy atom. The fourth-order valence-electron chi connectivity index (χ4n) is 2.73. The summed E-state index contributed by atoms with van der Waals surface area (Å²) in [5.74, 6) is 0.967. The van der Waals surface area contributed by atoms with E-state index in [4.69, 9.17) is 0 Å². The van der Waals surface area contributed by atoms with Gasteiger partial charge >= 0.3 is 0 Å². The molecule has 0 saturated carbocycles. The van der Waals surface area contributed by atoms with Crippen molar-refractivity contribution in [1.29, 1.82) is 0 Å². The summed E-state index contributed by atoms with van der Waals surface area (Å²) >= 11 is 0. The second-order valence-corrected chi connectivity index (χ2v) is 6.25. The summed E-state index contributed by atoms with van der Waals surface area (Å²) in [6.07, 6.45) is -0.0285. The van der Waals surface area contributed by atoms with Crippen LogP contribution >= 0.6 is 0 Å². The van der Waals surface area contributed by atoms with Gasteiger partial charge in [-0.25, -0.2) is 9.97 Å². The van der Waals surface area contributed by atoms with E-state index in [1.165, 1.54) is 12.1 Å². The molecule has 7 heteroatoms. The summed E-state index contributed by atoms with van der Waals surface area (Å²) in [6, 6.07) is 17.7. The number of rotatable bonds is 7. The molecule has 0 bridgehead atoms. The normalized spacial score (nSPS) is 11.8. The van der Waals surface area contributed by atoms with Crippen LogP contribution in [0.15, 0.2) is 60.7 Å². The minimum Gasteiger partial charge on any atom is -0.391 e. The molecule has 1 atom stereocenters. The van der Waals surface area contributed by atoms with Gasteiger partial charge in [0.25, 0.3) is 5.69 Å². The maximum Gasteiger partial charge on any atom is 0.270 e. The minimum absolute atomic E-state index is 0.00889. The zero-order valence-electron chi connectivity index (χ0n) is 14.9. The molecule has 0 amide bonds. The molecule has 0 radical (unpaired) electrons. The molecule has 0 saturated heterocycles. The lowest BCUT2D eigenvalue weighted by Gasteiger charge is -2.13. The SMILES string of the molecule is Cc1cc(NCC(O)Cc2ccccc2)nc(-c2cccc([N+](=O)[O-])c2)n1. The average Bonchev–Trinajstić information content (AvgIpc) is 2.67. The number of non-ortho nitro benzene ring substituents is 1. The number of nitro benzene ring substituents is 1. The van der Waals surface area contributed by atoms with Crippen molar-refractivity contribution in [2.75, 3.05) is 11.9 Å². The maximum atomic E-state index is 11.0. The van der Waals surface area contributed by atoms with Crippen molar-refractivity contribution >= 4 is 11.5 Å². The summed E-state index contributed by atoms with van der Waals surface area (Å²) in [7, 11) is 0. The van der Waals surface area contributed by atoms with Gasteiger partial charge in [-0.05, 0) is 12.5 Å². The summed E-state index contributed by atoms with van der Waals surface area (Å²) < 4.78 is 0. The average molecular weight is 364 g/mol. The Bertz CT molecular complexity index is 932. The molecule has 1 heterocycles. The fraction of sp³-hybridized carbons (Fsp3) is 0.200. The first-order valence-electron chi connectivity index (χ1n) is 8.57. The van der Waals surface area contributed by atoms with E-state index in [1.807, 2.05) is 37.3 Å². The highest BCUT2D eigenvalue weighted by molar-refractivity contribution is 5.61. The van der Waals surface area contributed by atoms with E-state index in [0.29, 0.717) is 30.2 Å². The summed E-state index contributed by atoms with van der Waals surface area (Å²) in [6.45, 7) is 2.16. The van der Waals surface area contributed by atoms with E-state index in [1.54, 1.807) is 18.2 Å². The molecule has 0 aliphatic rings. The van der Waals surface area contributed by atoms with Crippen molar-refractivity contribution in [2.45, 2.75) is 19.4 Å². The number of nitro groups is 1. The van der Waals surface area contributed by atoms with Crippen LogP contribution in [0.1, 0.15) is 11.3 Å². The van der Waals surface area contributed by atoms with E-state index in [-0.39, 0.29) is 5.69 Å². The number of benzene rings is 2. The van der Waals surface area contributed by atoms with Gasteiger partial charge in [0.05, 0.1) is 11.0 Å². The smallest absolute Gasteiger partial charge is 0.270 e. The van der Waals surface area contributed by atoms with Crippen molar-refractivity contribution < 1.29 is 10.0 Å². The zero-order chi connectivity index (χ0) is 19.2. The van der Waals surface area contributed by atoms with Gasteiger partial charge in [0.1, 0.15) is 5.82 Å². The Labute approximate surface area is 156 Å². The highest BCUT2D eigenvalue weighted by atomic mass is 16.6. The molecular weight excluding hydrogens is 344 g/mol. The van der Waals surface area contributed by atoms with Gasteiger partial charge < -0.3 is 10.4 Å². The van der Waals surface area contributed by atoms with Crippen LogP contribution in [0.4, 0.5) is 11.5 Å². The number of aromatic nitrogens is 2. The third kappa shape index (κ3) is 5.08. The Balaban J connectivity index is 1.72. The Morgan fingerprint density at radius 3 is 2.63 bits per heavy atom. The van der Waals surface area contributed by atoms with E-state index in [9.17, 15) is 15.2 Å². The molecule has 3 rings (SSSR count). The number of nitrogens with zero attached hydrogens (tertiary/aromatic N) is 3. The van der Waals surface area contributed by atoms with Gasteiger partial charge in [-0.3, -0.25) is 10.1 Å². The lowest BCUT2D eigenvalue weighted by molar-refractivity contribution is -0.384. The monoisotopic (exact) mass is 364 g/mol. The first-order chi connectivity index (χ1) is 13.0. The molecule has 138 valence electrons. The first kappa shape index (κ1) is 18.5. The van der Waals surface area contributed by atoms with Crippen molar-refractivity contribution in [3.05, 3.63) is 82.0 Å². The predicted molar refractivity (Wildman–Crippen MR) is 104 cm³/mol. The lowest BCUT2D eigenvalue weighted by Crippen LogP contribution is -2.22. The molecule has 0 aliphatic carbocycles. The zero-order valence-corrected chi connectivity index (χ0v) is 14.9. The lowest BCUT2D eigenvalue weighted by atomic mass is 10.1. The number of aryl methyl sites for hydroxylation is 1. The molecule has 0 fully saturated rings. The van der Waals surface area contributed by atoms with Crippen molar-refractivity contribution in [3.63, 3.8) is 0 Å². The number of hydrogen-bond acceptors (Lipinski definition) is 6. The Hall–Kier alpha value is -3.32. The molecule has 1 aromatic heterocycles. The van der Waals surface area contributed by atoms with E-state index >= 15 is 0 Å². The third-order valence-corrected chi connectivity index (χ3v) is 4.00.